The molecule has 1 saturated heterocycles. The van der Waals surface area contributed by atoms with E-state index in [0.29, 0.717) is 24.5 Å². The van der Waals surface area contributed by atoms with E-state index in [1.165, 1.54) is 22.5 Å². The molecule has 2 amide bonds. The number of rotatable bonds is 4. The summed E-state index contributed by atoms with van der Waals surface area (Å²) in [6.45, 7) is 0.958. The van der Waals surface area contributed by atoms with Crippen LogP contribution in [0.4, 0.5) is 10.6 Å². The minimum Gasteiger partial charge on any atom is -0.465 e. The largest absolute Gasteiger partial charge is 0.465 e. The second-order valence-electron chi connectivity index (χ2n) is 4.64. The zero-order valence-electron chi connectivity index (χ0n) is 11.2. The van der Waals surface area contributed by atoms with Crippen LogP contribution in [-0.2, 0) is 4.79 Å². The Morgan fingerprint density at radius 2 is 2.24 bits per heavy atom. The smallest absolute Gasteiger partial charge is 0.407 e. The number of aromatic nitrogens is 1. The lowest BCUT2D eigenvalue weighted by molar-refractivity contribution is -0.124. The van der Waals surface area contributed by atoms with E-state index in [2.05, 4.69) is 10.3 Å². The predicted octanol–water partition coefficient (Wildman–Crippen LogP) is 0.764. The molecular weight excluding hydrogens is 276 g/mol. The first-order chi connectivity index (χ1) is 10.1. The van der Waals surface area contributed by atoms with Crippen molar-refractivity contribution in [3.05, 3.63) is 30.0 Å². The molecule has 4 N–H and O–H groups in total. The minimum absolute atomic E-state index is 0.0511. The molecule has 0 aromatic carbocycles. The van der Waals surface area contributed by atoms with E-state index < -0.39 is 12.0 Å². The van der Waals surface area contributed by atoms with Crippen LogP contribution in [0.15, 0.2) is 24.4 Å². The van der Waals surface area contributed by atoms with Crippen molar-refractivity contribution >= 4 is 23.9 Å². The van der Waals surface area contributed by atoms with Crippen molar-refractivity contribution in [3.63, 3.8) is 0 Å². The highest BCUT2D eigenvalue weighted by atomic mass is 16.5. The maximum absolute atomic E-state index is 10.8. The van der Waals surface area contributed by atoms with Crippen LogP contribution in [0, 0.1) is 0 Å². The number of nitrogens with one attached hydrogen (secondary N) is 2. The molecule has 0 unspecified atom stereocenters. The molecule has 1 aliphatic heterocycles. The Kier molecular flexibility index (Phi) is 4.72. The Bertz CT molecular complexity index is 544. The molecule has 1 aliphatic rings. The highest BCUT2D eigenvalue weighted by molar-refractivity contribution is 5.90. The number of nitrogens with zero attached hydrogens (tertiary/aromatic N) is 2. The SMILES string of the molecule is O=C(C=Cc1ccc(N[C@@H]2CCN(C(=O)O)C2)nc1)NO. The van der Waals surface area contributed by atoms with Gasteiger partial charge in [-0.25, -0.2) is 15.3 Å². The van der Waals surface area contributed by atoms with Gasteiger partial charge in [0.1, 0.15) is 5.82 Å². The molecule has 1 atom stereocenters. The van der Waals surface area contributed by atoms with Crippen molar-refractivity contribution in [1.82, 2.24) is 15.4 Å². The summed E-state index contributed by atoms with van der Waals surface area (Å²) in [5.74, 6) is 0.0351. The number of amides is 2. The monoisotopic (exact) mass is 292 g/mol. The molecule has 1 aromatic heterocycles. The topological polar surface area (TPSA) is 115 Å². The summed E-state index contributed by atoms with van der Waals surface area (Å²) >= 11 is 0. The van der Waals surface area contributed by atoms with Gasteiger partial charge in [0.15, 0.2) is 0 Å². The molecule has 8 heteroatoms. The van der Waals surface area contributed by atoms with Crippen LogP contribution in [0.3, 0.4) is 0 Å². The van der Waals surface area contributed by atoms with E-state index in [1.54, 1.807) is 18.3 Å². The number of carboxylic acid groups (broad SMARTS) is 1. The zero-order chi connectivity index (χ0) is 15.2. The van der Waals surface area contributed by atoms with Gasteiger partial charge >= 0.3 is 6.09 Å². The van der Waals surface area contributed by atoms with Crippen LogP contribution >= 0.6 is 0 Å². The molecule has 0 radical (unpaired) electrons. The van der Waals surface area contributed by atoms with E-state index >= 15 is 0 Å². The molecule has 2 heterocycles. The second-order valence-corrected chi connectivity index (χ2v) is 4.64. The van der Waals surface area contributed by atoms with Gasteiger partial charge in [-0.2, -0.15) is 0 Å². The van der Waals surface area contributed by atoms with Crippen LogP contribution in [0.5, 0.6) is 0 Å². The summed E-state index contributed by atoms with van der Waals surface area (Å²) in [7, 11) is 0. The maximum Gasteiger partial charge on any atom is 0.407 e. The Balaban J connectivity index is 1.90. The zero-order valence-corrected chi connectivity index (χ0v) is 11.2. The fourth-order valence-corrected chi connectivity index (χ4v) is 2.06. The van der Waals surface area contributed by atoms with Crippen LogP contribution < -0.4 is 10.8 Å². The molecule has 1 fully saturated rings. The molecular formula is C13H16N4O4. The Hall–Kier alpha value is -2.61. The normalized spacial score (nSPS) is 18.0. The predicted molar refractivity (Wildman–Crippen MR) is 74.8 cm³/mol. The Morgan fingerprint density at radius 3 is 2.81 bits per heavy atom. The highest BCUT2D eigenvalue weighted by Gasteiger charge is 2.25. The third kappa shape index (κ3) is 4.18. The summed E-state index contributed by atoms with van der Waals surface area (Å²) < 4.78 is 0. The van der Waals surface area contributed by atoms with Gasteiger partial charge in [0.05, 0.1) is 0 Å². The third-order valence-corrected chi connectivity index (χ3v) is 3.13. The first-order valence-electron chi connectivity index (χ1n) is 6.41. The molecule has 1 aromatic rings. The lowest BCUT2D eigenvalue weighted by Crippen LogP contribution is -2.30. The first kappa shape index (κ1) is 14.8. The van der Waals surface area contributed by atoms with Crippen LogP contribution in [-0.4, -0.2) is 51.3 Å². The van der Waals surface area contributed by atoms with E-state index in [0.717, 1.165) is 6.42 Å². The van der Waals surface area contributed by atoms with Crippen LogP contribution in [0.2, 0.25) is 0 Å². The van der Waals surface area contributed by atoms with E-state index in [9.17, 15) is 9.59 Å². The van der Waals surface area contributed by atoms with Gasteiger partial charge in [0.25, 0.3) is 5.91 Å². The van der Waals surface area contributed by atoms with Crippen molar-refractivity contribution in [2.45, 2.75) is 12.5 Å². The molecule has 0 saturated carbocycles. The Labute approximate surface area is 121 Å². The minimum atomic E-state index is -0.907. The van der Waals surface area contributed by atoms with Crippen molar-refractivity contribution in [2.24, 2.45) is 0 Å². The number of hydrogen-bond acceptors (Lipinski definition) is 5. The number of carbonyl (C=O) groups excluding carboxylic acids is 1. The standard InChI is InChI=1S/C13H16N4O4/c18-12(16-21)4-2-9-1-3-11(14-7-9)15-10-5-6-17(8-10)13(19)20/h1-4,7,10,21H,5-6,8H2,(H,14,15)(H,16,18)(H,19,20)/t10-/m1/s1. The number of hydrogen-bond donors (Lipinski definition) is 4. The van der Waals surface area contributed by atoms with Crippen LogP contribution in [0.25, 0.3) is 6.08 Å². The van der Waals surface area contributed by atoms with Gasteiger partial charge < -0.3 is 15.3 Å². The summed E-state index contributed by atoms with van der Waals surface area (Å²) in [4.78, 5) is 27.2. The van der Waals surface area contributed by atoms with Crippen molar-refractivity contribution in [1.29, 1.82) is 0 Å². The third-order valence-electron chi connectivity index (χ3n) is 3.13. The van der Waals surface area contributed by atoms with Crippen molar-refractivity contribution < 1.29 is 19.9 Å². The lowest BCUT2D eigenvalue weighted by atomic mass is 10.2. The second kappa shape index (κ2) is 6.71. The lowest BCUT2D eigenvalue weighted by Gasteiger charge is -2.14. The molecule has 0 bridgehead atoms. The first-order valence-corrected chi connectivity index (χ1v) is 6.41. The van der Waals surface area contributed by atoms with Gasteiger partial charge in [-0.1, -0.05) is 0 Å². The number of carbonyl (C=O) groups is 2. The average molecular weight is 292 g/mol. The van der Waals surface area contributed by atoms with Gasteiger partial charge in [-0.3, -0.25) is 10.0 Å². The molecule has 8 nitrogen and oxygen atoms in total. The summed E-state index contributed by atoms with van der Waals surface area (Å²) in [6, 6.07) is 3.57. The number of likely N-dealkylation sites (tertiary alicyclic amines) is 1. The average Bonchev–Trinajstić information content (AvgIpc) is 2.95. The van der Waals surface area contributed by atoms with Gasteiger partial charge in [0.2, 0.25) is 0 Å². The van der Waals surface area contributed by atoms with E-state index in [1.807, 2.05) is 0 Å². The van der Waals surface area contributed by atoms with E-state index in [4.69, 9.17) is 10.3 Å². The summed E-state index contributed by atoms with van der Waals surface area (Å²) in [6.07, 6.45) is 4.12. The fraction of sp³-hybridized carbons (Fsp3) is 0.308. The quantitative estimate of drug-likeness (QED) is 0.370. The van der Waals surface area contributed by atoms with Crippen molar-refractivity contribution in [3.8, 4) is 0 Å². The Morgan fingerprint density at radius 1 is 1.43 bits per heavy atom. The van der Waals surface area contributed by atoms with Crippen molar-refractivity contribution in [2.75, 3.05) is 18.4 Å². The van der Waals surface area contributed by atoms with Gasteiger partial charge in [0, 0.05) is 31.4 Å². The number of anilines is 1. The van der Waals surface area contributed by atoms with Crippen LogP contribution in [0.1, 0.15) is 12.0 Å². The van der Waals surface area contributed by atoms with E-state index in [-0.39, 0.29) is 6.04 Å². The molecule has 2 rings (SSSR count). The molecule has 21 heavy (non-hydrogen) atoms. The number of pyridine rings is 1. The van der Waals surface area contributed by atoms with Gasteiger partial charge in [-0.15, -0.1) is 0 Å². The summed E-state index contributed by atoms with van der Waals surface area (Å²) in [5, 5.41) is 20.4. The molecule has 112 valence electrons. The number of hydroxylamine groups is 1. The highest BCUT2D eigenvalue weighted by Crippen LogP contribution is 2.15. The van der Waals surface area contributed by atoms with Gasteiger partial charge in [-0.05, 0) is 30.2 Å². The maximum atomic E-state index is 10.8. The molecule has 0 aliphatic carbocycles. The fourth-order valence-electron chi connectivity index (χ4n) is 2.06. The molecule has 0 spiro atoms. The summed E-state index contributed by atoms with van der Waals surface area (Å²) in [5.41, 5.74) is 2.21.